The lowest BCUT2D eigenvalue weighted by molar-refractivity contribution is 0.0162. The molecule has 72 valence electrons. The SMILES string of the molecule is CC(F)(F)c1cc(F)c(F)cc1Br. The highest BCUT2D eigenvalue weighted by Crippen LogP contribution is 2.34. The van der Waals surface area contributed by atoms with Gasteiger partial charge in [-0.25, -0.2) is 17.6 Å². The average molecular weight is 257 g/mol. The van der Waals surface area contributed by atoms with Gasteiger partial charge in [-0.15, -0.1) is 0 Å². The Bertz CT molecular complexity index is 330. The molecule has 0 aliphatic rings. The number of benzene rings is 1. The number of hydrogen-bond donors (Lipinski definition) is 0. The molecule has 0 unspecified atom stereocenters. The summed E-state index contributed by atoms with van der Waals surface area (Å²) in [5, 5.41) is 0. The fourth-order valence-corrected chi connectivity index (χ4v) is 1.52. The minimum Gasteiger partial charge on any atom is -0.204 e. The zero-order valence-corrected chi connectivity index (χ0v) is 8.13. The molecule has 0 nitrogen and oxygen atoms in total. The highest BCUT2D eigenvalue weighted by atomic mass is 79.9. The van der Waals surface area contributed by atoms with E-state index in [0.29, 0.717) is 19.1 Å². The van der Waals surface area contributed by atoms with Gasteiger partial charge in [0.1, 0.15) is 0 Å². The van der Waals surface area contributed by atoms with Gasteiger partial charge in [-0.1, -0.05) is 15.9 Å². The van der Waals surface area contributed by atoms with Crippen molar-refractivity contribution in [2.75, 3.05) is 0 Å². The summed E-state index contributed by atoms with van der Waals surface area (Å²) in [4.78, 5) is 0. The van der Waals surface area contributed by atoms with Crippen molar-refractivity contribution in [3.05, 3.63) is 33.8 Å². The lowest BCUT2D eigenvalue weighted by Gasteiger charge is -2.12. The summed E-state index contributed by atoms with van der Waals surface area (Å²) in [6.07, 6.45) is 0. The molecular weight excluding hydrogens is 252 g/mol. The van der Waals surface area contributed by atoms with E-state index in [2.05, 4.69) is 15.9 Å². The van der Waals surface area contributed by atoms with Gasteiger partial charge < -0.3 is 0 Å². The van der Waals surface area contributed by atoms with Crippen molar-refractivity contribution >= 4 is 15.9 Å². The third-order valence-corrected chi connectivity index (χ3v) is 2.14. The summed E-state index contributed by atoms with van der Waals surface area (Å²) in [6.45, 7) is 0.616. The summed E-state index contributed by atoms with van der Waals surface area (Å²) in [7, 11) is 0. The standard InChI is InChI=1S/C8H5BrF4/c1-8(12,13)4-2-6(10)7(11)3-5(4)9/h2-3H,1H3. The van der Waals surface area contributed by atoms with Gasteiger partial charge in [-0.3, -0.25) is 0 Å². The molecule has 1 rings (SSSR count). The molecule has 0 radical (unpaired) electrons. The molecule has 0 N–H and O–H groups in total. The van der Waals surface area contributed by atoms with E-state index < -0.39 is 23.1 Å². The number of alkyl halides is 2. The molecule has 0 aromatic heterocycles. The third-order valence-electron chi connectivity index (χ3n) is 1.48. The molecule has 1 aromatic rings. The molecule has 0 atom stereocenters. The van der Waals surface area contributed by atoms with Crippen LogP contribution in [-0.2, 0) is 5.92 Å². The predicted octanol–water partition coefficient (Wildman–Crippen LogP) is 3.84. The fraction of sp³-hybridized carbons (Fsp3) is 0.250. The van der Waals surface area contributed by atoms with Gasteiger partial charge >= 0.3 is 0 Å². The predicted molar refractivity (Wildman–Crippen MR) is 43.6 cm³/mol. The molecule has 0 saturated carbocycles. The monoisotopic (exact) mass is 256 g/mol. The fourth-order valence-electron chi connectivity index (χ4n) is 0.859. The van der Waals surface area contributed by atoms with Crippen LogP contribution in [0.4, 0.5) is 17.6 Å². The smallest absolute Gasteiger partial charge is 0.204 e. The molecule has 0 fully saturated rings. The summed E-state index contributed by atoms with van der Waals surface area (Å²) >= 11 is 2.73. The maximum Gasteiger partial charge on any atom is 0.271 e. The van der Waals surface area contributed by atoms with Crippen LogP contribution in [0.1, 0.15) is 12.5 Å². The maximum absolute atomic E-state index is 12.7. The van der Waals surface area contributed by atoms with Crippen LogP contribution in [0.2, 0.25) is 0 Å². The molecule has 5 heteroatoms. The minimum absolute atomic E-state index is 0.140. The van der Waals surface area contributed by atoms with Crippen molar-refractivity contribution in [2.45, 2.75) is 12.8 Å². The van der Waals surface area contributed by atoms with E-state index in [-0.39, 0.29) is 4.47 Å². The first-order valence-electron chi connectivity index (χ1n) is 3.35. The highest BCUT2D eigenvalue weighted by molar-refractivity contribution is 9.10. The Hall–Kier alpha value is -0.580. The van der Waals surface area contributed by atoms with Gasteiger partial charge in [0, 0.05) is 17.0 Å². The van der Waals surface area contributed by atoms with E-state index in [0.717, 1.165) is 0 Å². The van der Waals surface area contributed by atoms with E-state index >= 15 is 0 Å². The molecule has 0 bridgehead atoms. The van der Waals surface area contributed by atoms with E-state index in [1.807, 2.05) is 0 Å². The van der Waals surface area contributed by atoms with Gasteiger partial charge in [0.25, 0.3) is 5.92 Å². The lowest BCUT2D eigenvalue weighted by atomic mass is 10.1. The van der Waals surface area contributed by atoms with Crippen LogP contribution in [0.15, 0.2) is 16.6 Å². The molecule has 0 saturated heterocycles. The van der Waals surface area contributed by atoms with Crippen LogP contribution >= 0.6 is 15.9 Å². The van der Waals surface area contributed by atoms with Crippen LogP contribution in [-0.4, -0.2) is 0 Å². The van der Waals surface area contributed by atoms with Gasteiger partial charge in [-0.05, 0) is 12.1 Å². The summed E-state index contributed by atoms with van der Waals surface area (Å²) in [6, 6.07) is 1.17. The Labute approximate surface area is 80.7 Å². The maximum atomic E-state index is 12.7. The topological polar surface area (TPSA) is 0 Å². The van der Waals surface area contributed by atoms with Crippen molar-refractivity contribution in [1.29, 1.82) is 0 Å². The first-order valence-corrected chi connectivity index (χ1v) is 4.14. The van der Waals surface area contributed by atoms with Crippen molar-refractivity contribution < 1.29 is 17.6 Å². The van der Waals surface area contributed by atoms with Gasteiger partial charge in [-0.2, -0.15) is 0 Å². The molecule has 1 aromatic carbocycles. The van der Waals surface area contributed by atoms with Gasteiger partial charge in [0.05, 0.1) is 0 Å². The largest absolute Gasteiger partial charge is 0.271 e. The molecule has 0 aliphatic heterocycles. The zero-order chi connectivity index (χ0) is 10.2. The minimum atomic E-state index is -3.19. The van der Waals surface area contributed by atoms with E-state index in [9.17, 15) is 17.6 Å². The van der Waals surface area contributed by atoms with Gasteiger partial charge in [0.15, 0.2) is 11.6 Å². The molecule has 0 spiro atoms. The van der Waals surface area contributed by atoms with Crippen LogP contribution in [0, 0.1) is 11.6 Å². The molecule has 0 amide bonds. The normalized spacial score (nSPS) is 11.8. The number of halogens is 5. The first-order chi connectivity index (χ1) is 5.82. The first kappa shape index (κ1) is 10.5. The van der Waals surface area contributed by atoms with Crippen LogP contribution in [0.3, 0.4) is 0 Å². The number of hydrogen-bond acceptors (Lipinski definition) is 0. The third kappa shape index (κ3) is 2.21. The second-order valence-corrected chi connectivity index (χ2v) is 3.49. The summed E-state index contributed by atoms with van der Waals surface area (Å²) < 4.78 is 50.3. The summed E-state index contributed by atoms with van der Waals surface area (Å²) in [5.74, 6) is -5.62. The van der Waals surface area contributed by atoms with Crippen molar-refractivity contribution in [3.63, 3.8) is 0 Å². The molecule has 0 aliphatic carbocycles. The second-order valence-electron chi connectivity index (χ2n) is 2.63. The van der Waals surface area contributed by atoms with Crippen molar-refractivity contribution in [1.82, 2.24) is 0 Å². The van der Waals surface area contributed by atoms with E-state index in [1.54, 1.807) is 0 Å². The average Bonchev–Trinajstić information content (AvgIpc) is 1.94. The van der Waals surface area contributed by atoms with E-state index in [4.69, 9.17) is 0 Å². The Morgan fingerprint density at radius 3 is 2.08 bits per heavy atom. The van der Waals surface area contributed by atoms with Crippen LogP contribution in [0.5, 0.6) is 0 Å². The van der Waals surface area contributed by atoms with Gasteiger partial charge in [0.2, 0.25) is 0 Å². The zero-order valence-electron chi connectivity index (χ0n) is 6.54. The van der Waals surface area contributed by atoms with Crippen LogP contribution < -0.4 is 0 Å². The Morgan fingerprint density at radius 1 is 1.15 bits per heavy atom. The molecule has 13 heavy (non-hydrogen) atoms. The Balaban J connectivity index is 3.32. The second kappa shape index (κ2) is 3.29. The Morgan fingerprint density at radius 2 is 1.62 bits per heavy atom. The van der Waals surface area contributed by atoms with E-state index in [1.165, 1.54) is 0 Å². The molecule has 0 heterocycles. The van der Waals surface area contributed by atoms with Crippen molar-refractivity contribution in [3.8, 4) is 0 Å². The van der Waals surface area contributed by atoms with Crippen molar-refractivity contribution in [2.24, 2.45) is 0 Å². The highest BCUT2D eigenvalue weighted by Gasteiger charge is 2.28. The molecular formula is C8H5BrF4. The Kier molecular flexibility index (Phi) is 2.66. The van der Waals surface area contributed by atoms with Crippen LogP contribution in [0.25, 0.3) is 0 Å². The summed E-state index contributed by atoms with van der Waals surface area (Å²) in [5.41, 5.74) is -0.564. The lowest BCUT2D eigenvalue weighted by Crippen LogP contribution is -2.09. The quantitative estimate of drug-likeness (QED) is 0.529. The number of rotatable bonds is 1.